The lowest BCUT2D eigenvalue weighted by Gasteiger charge is -2.12. The van der Waals surface area contributed by atoms with Crippen molar-refractivity contribution >= 4 is 11.7 Å². The van der Waals surface area contributed by atoms with Gasteiger partial charge in [-0.05, 0) is 31.5 Å². The normalized spacial score (nSPS) is 10.8. The molecule has 0 fully saturated rings. The molecule has 0 atom stereocenters. The fraction of sp³-hybridized carbons (Fsp3) is 0.333. The predicted octanol–water partition coefficient (Wildman–Crippen LogP) is 2.86. The highest BCUT2D eigenvalue weighted by Crippen LogP contribution is 2.14. The van der Waals surface area contributed by atoms with E-state index in [1.54, 1.807) is 36.2 Å². The highest BCUT2D eigenvalue weighted by atomic mass is 16.5. The van der Waals surface area contributed by atoms with E-state index >= 15 is 0 Å². The molecule has 106 valence electrons. The number of aromatic nitrogens is 2. The van der Waals surface area contributed by atoms with Gasteiger partial charge in [-0.25, -0.2) is 4.68 Å². The van der Waals surface area contributed by atoms with Gasteiger partial charge in [-0.3, -0.25) is 4.79 Å². The van der Waals surface area contributed by atoms with Gasteiger partial charge in [-0.15, -0.1) is 0 Å². The molecular formula is C15H19N3O2. The van der Waals surface area contributed by atoms with Gasteiger partial charge in [-0.2, -0.15) is 5.10 Å². The number of amides is 1. The van der Waals surface area contributed by atoms with Crippen molar-refractivity contribution in [3.63, 3.8) is 0 Å². The van der Waals surface area contributed by atoms with Crippen molar-refractivity contribution in [2.24, 2.45) is 0 Å². The fourth-order valence-corrected chi connectivity index (χ4v) is 1.93. The average molecular weight is 273 g/mol. The average Bonchev–Trinajstić information content (AvgIpc) is 2.88. The maximum Gasteiger partial charge on any atom is 0.256 e. The van der Waals surface area contributed by atoms with Crippen LogP contribution in [0.2, 0.25) is 0 Å². The third-order valence-electron chi connectivity index (χ3n) is 2.93. The Hall–Kier alpha value is -2.14. The first kappa shape index (κ1) is 14.3. The first-order chi connectivity index (χ1) is 9.61. The number of nitrogens with one attached hydrogen (secondary N) is 1. The number of carbonyl (C=O) groups is 1. The molecule has 0 aliphatic carbocycles. The van der Waals surface area contributed by atoms with Gasteiger partial charge in [0.1, 0.15) is 5.82 Å². The molecule has 1 amide bonds. The first-order valence-corrected chi connectivity index (χ1v) is 6.54. The molecular weight excluding hydrogens is 254 g/mol. The van der Waals surface area contributed by atoms with Gasteiger partial charge in [0.15, 0.2) is 0 Å². The van der Waals surface area contributed by atoms with Crippen molar-refractivity contribution in [3.8, 4) is 0 Å². The molecule has 20 heavy (non-hydrogen) atoms. The number of ether oxygens (including phenoxy) is 1. The van der Waals surface area contributed by atoms with Crippen LogP contribution in [0.25, 0.3) is 0 Å². The number of rotatable bonds is 5. The summed E-state index contributed by atoms with van der Waals surface area (Å²) in [6, 6.07) is 9.34. The Bertz CT molecular complexity index is 573. The molecule has 1 heterocycles. The molecule has 1 N–H and O–H groups in total. The van der Waals surface area contributed by atoms with E-state index in [0.717, 1.165) is 5.56 Å². The van der Waals surface area contributed by atoms with E-state index in [1.165, 1.54) is 0 Å². The Balaban J connectivity index is 2.09. The van der Waals surface area contributed by atoms with Crippen molar-refractivity contribution in [3.05, 3.63) is 47.7 Å². The summed E-state index contributed by atoms with van der Waals surface area (Å²) < 4.78 is 6.82. The van der Waals surface area contributed by atoms with Crippen LogP contribution in [0.1, 0.15) is 35.8 Å². The monoisotopic (exact) mass is 273 g/mol. The highest BCUT2D eigenvalue weighted by Gasteiger charge is 2.11. The number of anilines is 1. The van der Waals surface area contributed by atoms with Crippen LogP contribution >= 0.6 is 0 Å². The van der Waals surface area contributed by atoms with Gasteiger partial charge < -0.3 is 10.1 Å². The molecule has 5 nitrogen and oxygen atoms in total. The topological polar surface area (TPSA) is 56.1 Å². The zero-order valence-corrected chi connectivity index (χ0v) is 12.0. The van der Waals surface area contributed by atoms with Crippen LogP contribution in [0.15, 0.2) is 36.5 Å². The molecule has 1 aromatic heterocycles. The molecule has 0 aliphatic rings. The zero-order chi connectivity index (χ0) is 14.5. The minimum atomic E-state index is -0.142. The van der Waals surface area contributed by atoms with Crippen molar-refractivity contribution in [1.29, 1.82) is 0 Å². The Kier molecular flexibility index (Phi) is 4.53. The van der Waals surface area contributed by atoms with E-state index in [9.17, 15) is 4.79 Å². The summed E-state index contributed by atoms with van der Waals surface area (Å²) in [6.07, 6.45) is 1.68. The van der Waals surface area contributed by atoms with Gasteiger partial charge in [0, 0.05) is 24.8 Å². The Labute approximate surface area is 118 Å². The second kappa shape index (κ2) is 6.34. The van der Waals surface area contributed by atoms with Crippen LogP contribution < -0.4 is 5.32 Å². The molecule has 2 rings (SSSR count). The van der Waals surface area contributed by atoms with Crippen molar-refractivity contribution in [2.75, 3.05) is 12.4 Å². The Morgan fingerprint density at radius 3 is 2.60 bits per heavy atom. The summed E-state index contributed by atoms with van der Waals surface area (Å²) in [7, 11) is 1.65. The zero-order valence-electron chi connectivity index (χ0n) is 12.0. The number of benzene rings is 1. The second-order valence-electron chi connectivity index (χ2n) is 4.84. The number of hydrogen-bond donors (Lipinski definition) is 1. The number of hydrogen-bond acceptors (Lipinski definition) is 3. The van der Waals surface area contributed by atoms with E-state index in [-0.39, 0.29) is 11.9 Å². The van der Waals surface area contributed by atoms with Gasteiger partial charge in [0.2, 0.25) is 0 Å². The van der Waals surface area contributed by atoms with Crippen LogP contribution in [-0.4, -0.2) is 22.8 Å². The molecule has 5 heteroatoms. The summed E-state index contributed by atoms with van der Waals surface area (Å²) in [5, 5.41) is 7.06. The van der Waals surface area contributed by atoms with Crippen LogP contribution in [0.4, 0.5) is 5.82 Å². The highest BCUT2D eigenvalue weighted by molar-refractivity contribution is 6.03. The molecule has 2 aromatic rings. The largest absolute Gasteiger partial charge is 0.380 e. The SMILES string of the molecule is COCc1ccc(C(=O)Nc2ccnn2C(C)C)cc1. The van der Waals surface area contributed by atoms with Gasteiger partial charge in [-0.1, -0.05) is 12.1 Å². The van der Waals surface area contributed by atoms with E-state index in [2.05, 4.69) is 10.4 Å². The van der Waals surface area contributed by atoms with Crippen molar-refractivity contribution in [2.45, 2.75) is 26.5 Å². The Morgan fingerprint density at radius 1 is 1.30 bits per heavy atom. The predicted molar refractivity (Wildman–Crippen MR) is 77.7 cm³/mol. The number of carbonyl (C=O) groups excluding carboxylic acids is 1. The molecule has 0 unspecified atom stereocenters. The molecule has 1 aromatic carbocycles. The lowest BCUT2D eigenvalue weighted by molar-refractivity contribution is 0.102. The molecule has 0 aliphatic heterocycles. The molecule has 0 radical (unpaired) electrons. The van der Waals surface area contributed by atoms with Crippen LogP contribution in [-0.2, 0) is 11.3 Å². The van der Waals surface area contributed by atoms with Crippen molar-refractivity contribution in [1.82, 2.24) is 9.78 Å². The molecule has 0 saturated heterocycles. The van der Waals surface area contributed by atoms with E-state index in [1.807, 2.05) is 26.0 Å². The van der Waals surface area contributed by atoms with Gasteiger partial charge >= 0.3 is 0 Å². The minimum absolute atomic E-state index is 0.142. The number of methoxy groups -OCH3 is 1. The van der Waals surface area contributed by atoms with E-state index < -0.39 is 0 Å². The smallest absolute Gasteiger partial charge is 0.256 e. The lowest BCUT2D eigenvalue weighted by Crippen LogP contribution is -2.16. The maximum atomic E-state index is 12.2. The van der Waals surface area contributed by atoms with Gasteiger partial charge in [0.05, 0.1) is 12.8 Å². The third kappa shape index (κ3) is 3.24. The summed E-state index contributed by atoms with van der Waals surface area (Å²) in [6.45, 7) is 4.58. The summed E-state index contributed by atoms with van der Waals surface area (Å²) in [4.78, 5) is 12.2. The Morgan fingerprint density at radius 2 is 2.00 bits per heavy atom. The standard InChI is InChI=1S/C15H19N3O2/c1-11(2)18-14(8-9-16-18)17-15(19)13-6-4-12(5-7-13)10-20-3/h4-9,11H,10H2,1-3H3,(H,17,19). The maximum absolute atomic E-state index is 12.2. The van der Waals surface area contributed by atoms with Crippen LogP contribution in [0.5, 0.6) is 0 Å². The lowest BCUT2D eigenvalue weighted by atomic mass is 10.1. The molecule has 0 spiro atoms. The number of nitrogens with zero attached hydrogens (tertiary/aromatic N) is 2. The first-order valence-electron chi connectivity index (χ1n) is 6.54. The molecule has 0 saturated carbocycles. The minimum Gasteiger partial charge on any atom is -0.380 e. The summed E-state index contributed by atoms with van der Waals surface area (Å²) >= 11 is 0. The van der Waals surface area contributed by atoms with E-state index in [0.29, 0.717) is 18.0 Å². The van der Waals surface area contributed by atoms with Gasteiger partial charge in [0.25, 0.3) is 5.91 Å². The summed E-state index contributed by atoms with van der Waals surface area (Å²) in [5.74, 6) is 0.558. The van der Waals surface area contributed by atoms with E-state index in [4.69, 9.17) is 4.74 Å². The quantitative estimate of drug-likeness (QED) is 0.911. The summed E-state index contributed by atoms with van der Waals surface area (Å²) in [5.41, 5.74) is 1.65. The molecule has 0 bridgehead atoms. The third-order valence-corrected chi connectivity index (χ3v) is 2.93. The fourth-order valence-electron chi connectivity index (χ4n) is 1.93. The second-order valence-corrected chi connectivity index (χ2v) is 4.84. The van der Waals surface area contributed by atoms with Crippen LogP contribution in [0.3, 0.4) is 0 Å². The van der Waals surface area contributed by atoms with Crippen LogP contribution in [0, 0.1) is 0 Å². The van der Waals surface area contributed by atoms with Crippen molar-refractivity contribution < 1.29 is 9.53 Å².